The van der Waals surface area contributed by atoms with E-state index < -0.39 is 12.1 Å². The third kappa shape index (κ3) is 4.85. The molecule has 0 bridgehead atoms. The number of amides is 4. The number of nitrogens with zero attached hydrogens (tertiary/aromatic N) is 2. The Morgan fingerprint density at radius 1 is 1.21 bits per heavy atom. The molecule has 1 atom stereocenters. The van der Waals surface area contributed by atoms with Crippen molar-refractivity contribution in [1.82, 2.24) is 20.5 Å². The van der Waals surface area contributed by atoms with E-state index in [4.69, 9.17) is 4.74 Å². The maximum atomic E-state index is 12.5. The summed E-state index contributed by atoms with van der Waals surface area (Å²) in [5.74, 6) is 0.0608. The first kappa shape index (κ1) is 19.3. The van der Waals surface area contributed by atoms with Gasteiger partial charge < -0.3 is 15.4 Å². The second-order valence-corrected chi connectivity index (χ2v) is 6.43. The smallest absolute Gasteiger partial charge is 0.324 e. The number of methoxy groups -OCH3 is 1. The molecule has 2 heterocycles. The van der Waals surface area contributed by atoms with Crippen LogP contribution in [-0.4, -0.2) is 47.4 Å². The molecule has 8 heteroatoms. The topological polar surface area (TPSA) is 101 Å². The lowest BCUT2D eigenvalue weighted by molar-refractivity contribution is -0.130. The lowest BCUT2D eigenvalue weighted by Gasteiger charge is -2.13. The zero-order chi connectivity index (χ0) is 19.9. The van der Waals surface area contributed by atoms with E-state index in [1.807, 2.05) is 30.3 Å². The van der Waals surface area contributed by atoms with Crippen molar-refractivity contribution in [3.63, 3.8) is 0 Å². The molecule has 2 aromatic rings. The highest BCUT2D eigenvalue weighted by Gasteiger charge is 2.38. The second kappa shape index (κ2) is 8.98. The summed E-state index contributed by atoms with van der Waals surface area (Å²) in [4.78, 5) is 41.8. The monoisotopic (exact) mass is 382 g/mol. The lowest BCUT2D eigenvalue weighted by Crippen LogP contribution is -2.36. The average molecular weight is 382 g/mol. The van der Waals surface area contributed by atoms with Crippen LogP contribution in [0.2, 0.25) is 0 Å². The Bertz CT molecular complexity index is 839. The minimum Gasteiger partial charge on any atom is -0.497 e. The maximum Gasteiger partial charge on any atom is 0.324 e. The van der Waals surface area contributed by atoms with Crippen LogP contribution < -0.4 is 15.4 Å². The number of nitrogens with one attached hydrogen (secondary N) is 2. The molecule has 1 aromatic heterocycles. The molecule has 8 nitrogen and oxygen atoms in total. The summed E-state index contributed by atoms with van der Waals surface area (Å²) >= 11 is 0. The second-order valence-electron chi connectivity index (χ2n) is 6.43. The maximum absolute atomic E-state index is 12.5. The molecular weight excluding hydrogens is 360 g/mol. The molecule has 1 fully saturated rings. The van der Waals surface area contributed by atoms with Crippen LogP contribution >= 0.6 is 0 Å². The highest BCUT2D eigenvalue weighted by molar-refractivity contribution is 6.05. The Hall–Kier alpha value is -3.42. The summed E-state index contributed by atoms with van der Waals surface area (Å²) in [6.07, 6.45) is 3.75. The molecule has 146 valence electrons. The van der Waals surface area contributed by atoms with E-state index in [0.29, 0.717) is 13.0 Å². The van der Waals surface area contributed by atoms with Crippen molar-refractivity contribution in [2.24, 2.45) is 0 Å². The number of urea groups is 1. The van der Waals surface area contributed by atoms with Crippen LogP contribution in [0.5, 0.6) is 5.75 Å². The number of hydrogen-bond acceptors (Lipinski definition) is 5. The van der Waals surface area contributed by atoms with Crippen LogP contribution in [0, 0.1) is 0 Å². The van der Waals surface area contributed by atoms with E-state index in [1.54, 1.807) is 25.6 Å². The number of ether oxygens (including phenoxy) is 1. The van der Waals surface area contributed by atoms with Crippen molar-refractivity contribution < 1.29 is 19.1 Å². The number of hydrogen-bond donors (Lipinski definition) is 2. The van der Waals surface area contributed by atoms with Gasteiger partial charge in [0.15, 0.2) is 0 Å². The van der Waals surface area contributed by atoms with Crippen molar-refractivity contribution >= 4 is 17.8 Å². The standard InChI is InChI=1S/C20H22N4O4/c1-28-16-6-4-14(5-7-16)8-10-24-19(26)17(23-20(24)27)11-18(25)22-13-15-3-2-9-21-12-15/h2-7,9,12,17H,8,10-11,13H2,1H3,(H,22,25)(H,23,27)/t17-/m0/s1. The molecule has 0 saturated carbocycles. The molecule has 0 unspecified atom stereocenters. The Kier molecular flexibility index (Phi) is 6.21. The summed E-state index contributed by atoms with van der Waals surface area (Å²) in [6, 6.07) is 9.76. The molecular formula is C20H22N4O4. The summed E-state index contributed by atoms with van der Waals surface area (Å²) in [6.45, 7) is 0.577. The van der Waals surface area contributed by atoms with Crippen molar-refractivity contribution in [3.05, 3.63) is 59.9 Å². The van der Waals surface area contributed by atoms with E-state index in [9.17, 15) is 14.4 Å². The Morgan fingerprint density at radius 2 is 2.00 bits per heavy atom. The molecule has 28 heavy (non-hydrogen) atoms. The zero-order valence-corrected chi connectivity index (χ0v) is 15.6. The van der Waals surface area contributed by atoms with Gasteiger partial charge in [0.25, 0.3) is 5.91 Å². The third-order valence-electron chi connectivity index (χ3n) is 4.49. The van der Waals surface area contributed by atoms with Gasteiger partial charge in [-0.3, -0.25) is 19.5 Å². The van der Waals surface area contributed by atoms with Crippen molar-refractivity contribution in [1.29, 1.82) is 0 Å². The number of carbonyl (C=O) groups excluding carboxylic acids is 3. The Labute approximate surface area is 162 Å². The SMILES string of the molecule is COc1ccc(CCN2C(=O)N[C@@H](CC(=O)NCc3cccnc3)C2=O)cc1. The van der Waals surface area contributed by atoms with Gasteiger partial charge in [-0.1, -0.05) is 18.2 Å². The number of rotatable bonds is 8. The van der Waals surface area contributed by atoms with Crippen LogP contribution in [0.15, 0.2) is 48.8 Å². The summed E-state index contributed by atoms with van der Waals surface area (Å²) < 4.78 is 5.11. The molecule has 4 amide bonds. The van der Waals surface area contributed by atoms with E-state index in [-0.39, 0.29) is 24.8 Å². The van der Waals surface area contributed by atoms with Gasteiger partial charge in [-0.2, -0.15) is 0 Å². The number of benzene rings is 1. The minimum atomic E-state index is -0.836. The third-order valence-corrected chi connectivity index (χ3v) is 4.49. The van der Waals surface area contributed by atoms with E-state index in [0.717, 1.165) is 21.8 Å². The molecule has 0 radical (unpaired) electrons. The summed E-state index contributed by atoms with van der Waals surface area (Å²) in [7, 11) is 1.59. The fourth-order valence-electron chi connectivity index (χ4n) is 2.92. The largest absolute Gasteiger partial charge is 0.497 e. The molecule has 1 aliphatic rings. The number of aromatic nitrogens is 1. The van der Waals surface area contributed by atoms with Crippen molar-refractivity contribution in [2.45, 2.75) is 25.4 Å². The van der Waals surface area contributed by atoms with Gasteiger partial charge in [0.1, 0.15) is 11.8 Å². The van der Waals surface area contributed by atoms with E-state index in [1.165, 1.54) is 0 Å². The number of pyridine rings is 1. The summed E-state index contributed by atoms with van der Waals surface area (Å²) in [5, 5.41) is 5.31. The van der Waals surface area contributed by atoms with E-state index in [2.05, 4.69) is 15.6 Å². The lowest BCUT2D eigenvalue weighted by atomic mass is 10.1. The first-order chi connectivity index (χ1) is 13.6. The first-order valence-electron chi connectivity index (χ1n) is 8.97. The molecule has 3 rings (SSSR count). The minimum absolute atomic E-state index is 0.0934. The van der Waals surface area contributed by atoms with Crippen LogP contribution in [0.1, 0.15) is 17.5 Å². The molecule has 0 spiro atoms. The predicted octanol–water partition coefficient (Wildman–Crippen LogP) is 1.26. The Balaban J connectivity index is 1.48. The van der Waals surface area contributed by atoms with Crippen LogP contribution in [0.3, 0.4) is 0 Å². The fourth-order valence-corrected chi connectivity index (χ4v) is 2.92. The molecule has 0 aliphatic carbocycles. The highest BCUT2D eigenvalue weighted by Crippen LogP contribution is 2.14. The van der Waals surface area contributed by atoms with Gasteiger partial charge in [0.2, 0.25) is 5.91 Å². The predicted molar refractivity (Wildman–Crippen MR) is 101 cm³/mol. The zero-order valence-electron chi connectivity index (χ0n) is 15.6. The van der Waals surface area contributed by atoms with Gasteiger partial charge in [-0.25, -0.2) is 4.79 Å². The van der Waals surface area contributed by atoms with Crippen LogP contribution in [0.4, 0.5) is 4.79 Å². The number of carbonyl (C=O) groups is 3. The van der Waals surface area contributed by atoms with Crippen LogP contribution in [0.25, 0.3) is 0 Å². The van der Waals surface area contributed by atoms with Crippen LogP contribution in [-0.2, 0) is 22.6 Å². The molecule has 1 aromatic carbocycles. The van der Waals surface area contributed by atoms with Gasteiger partial charge in [-0.05, 0) is 35.7 Å². The van der Waals surface area contributed by atoms with Gasteiger partial charge in [0.05, 0.1) is 13.5 Å². The average Bonchev–Trinajstić information content (AvgIpc) is 2.98. The van der Waals surface area contributed by atoms with Crippen molar-refractivity contribution in [2.75, 3.05) is 13.7 Å². The normalized spacial score (nSPS) is 16.0. The quantitative estimate of drug-likeness (QED) is 0.670. The molecule has 1 saturated heterocycles. The highest BCUT2D eigenvalue weighted by atomic mass is 16.5. The first-order valence-corrected chi connectivity index (χ1v) is 8.97. The molecule has 2 N–H and O–H groups in total. The number of imide groups is 1. The van der Waals surface area contributed by atoms with Gasteiger partial charge in [-0.15, -0.1) is 0 Å². The van der Waals surface area contributed by atoms with Crippen molar-refractivity contribution in [3.8, 4) is 5.75 Å². The van der Waals surface area contributed by atoms with Gasteiger partial charge >= 0.3 is 6.03 Å². The fraction of sp³-hybridized carbons (Fsp3) is 0.300. The van der Waals surface area contributed by atoms with Gasteiger partial charge in [0, 0.05) is 25.5 Å². The Morgan fingerprint density at radius 3 is 2.68 bits per heavy atom. The van der Waals surface area contributed by atoms with E-state index >= 15 is 0 Å². The molecule has 1 aliphatic heterocycles. The summed E-state index contributed by atoms with van der Waals surface area (Å²) in [5.41, 5.74) is 1.85.